The molecule has 0 bridgehead atoms. The van der Waals surface area contributed by atoms with Gasteiger partial charge in [0.1, 0.15) is 18.1 Å². The van der Waals surface area contributed by atoms with Gasteiger partial charge in [0.25, 0.3) is 5.91 Å². The number of fused-ring (bicyclic) bond motifs is 1. The van der Waals surface area contributed by atoms with Crippen LogP contribution in [0, 0.1) is 0 Å². The molecule has 0 spiro atoms. The minimum atomic E-state index is -0.360. The quantitative estimate of drug-likeness (QED) is 0.312. The van der Waals surface area contributed by atoms with Crippen molar-refractivity contribution < 1.29 is 9.53 Å². The van der Waals surface area contributed by atoms with Crippen LogP contribution in [0.5, 0.6) is 5.75 Å². The summed E-state index contributed by atoms with van der Waals surface area (Å²) in [7, 11) is 0. The molecule has 4 rings (SSSR count). The van der Waals surface area contributed by atoms with Crippen LogP contribution in [0.2, 0.25) is 0 Å². The fraction of sp³-hybridized carbons (Fsp3) is 0.0417. The third kappa shape index (κ3) is 4.72. The van der Waals surface area contributed by atoms with Gasteiger partial charge in [-0.15, -0.1) is 0 Å². The van der Waals surface area contributed by atoms with Crippen LogP contribution in [-0.4, -0.2) is 17.1 Å². The number of hydrogen-bond acceptors (Lipinski definition) is 4. The summed E-state index contributed by atoms with van der Waals surface area (Å²) in [6.07, 6.45) is 3.13. The second-order valence-corrected chi connectivity index (χ2v) is 7.39. The summed E-state index contributed by atoms with van der Waals surface area (Å²) >= 11 is 3.54. The molecule has 4 aromatic rings. The third-order valence-corrected chi connectivity index (χ3v) is 5.12. The first-order valence-electron chi connectivity index (χ1n) is 9.34. The number of carbonyl (C=O) groups excluding carboxylic acids is 1. The molecule has 1 aromatic heterocycles. The van der Waals surface area contributed by atoms with E-state index in [2.05, 4.69) is 55.7 Å². The summed E-state index contributed by atoms with van der Waals surface area (Å²) in [6.45, 7) is 0.466. The van der Waals surface area contributed by atoms with Crippen molar-refractivity contribution in [2.75, 3.05) is 0 Å². The molecule has 1 heterocycles. The maximum atomic E-state index is 12.0. The highest BCUT2D eigenvalue weighted by atomic mass is 79.9. The Morgan fingerprint density at radius 1 is 1.03 bits per heavy atom. The molecule has 3 aromatic carbocycles. The lowest BCUT2D eigenvalue weighted by atomic mass is 10.1. The fourth-order valence-electron chi connectivity index (χ4n) is 3.01. The third-order valence-electron chi connectivity index (χ3n) is 4.50. The molecule has 1 N–H and O–H groups in total. The maximum Gasteiger partial charge on any atom is 0.289 e. The number of pyridine rings is 1. The molecular weight excluding hydrogens is 442 g/mol. The summed E-state index contributed by atoms with van der Waals surface area (Å²) in [5, 5.41) is 6.37. The molecule has 0 saturated carbocycles. The van der Waals surface area contributed by atoms with Crippen LogP contribution in [0.1, 0.15) is 21.6 Å². The molecule has 0 aliphatic heterocycles. The number of benzene rings is 3. The molecule has 6 heteroatoms. The summed E-state index contributed by atoms with van der Waals surface area (Å²) in [6, 6.07) is 25.2. The predicted molar refractivity (Wildman–Crippen MR) is 122 cm³/mol. The highest BCUT2D eigenvalue weighted by Crippen LogP contribution is 2.27. The van der Waals surface area contributed by atoms with Crippen molar-refractivity contribution in [3.05, 3.63) is 106 Å². The zero-order chi connectivity index (χ0) is 20.8. The van der Waals surface area contributed by atoms with Gasteiger partial charge in [0.05, 0.1) is 10.7 Å². The largest absolute Gasteiger partial charge is 0.488 e. The normalized spacial score (nSPS) is 11.0. The van der Waals surface area contributed by atoms with Crippen molar-refractivity contribution in [1.29, 1.82) is 0 Å². The number of nitrogens with one attached hydrogen (secondary N) is 1. The Morgan fingerprint density at radius 3 is 2.70 bits per heavy atom. The van der Waals surface area contributed by atoms with Gasteiger partial charge in [0.2, 0.25) is 0 Å². The monoisotopic (exact) mass is 459 g/mol. The lowest BCUT2D eigenvalue weighted by Crippen LogP contribution is -2.18. The summed E-state index contributed by atoms with van der Waals surface area (Å²) < 4.78 is 6.83. The van der Waals surface area contributed by atoms with E-state index in [1.54, 1.807) is 30.6 Å². The summed E-state index contributed by atoms with van der Waals surface area (Å²) in [4.78, 5) is 15.9. The zero-order valence-corrected chi connectivity index (χ0v) is 17.5. The highest BCUT2D eigenvalue weighted by molar-refractivity contribution is 9.10. The minimum absolute atomic E-state index is 0.313. The Balaban J connectivity index is 1.40. The van der Waals surface area contributed by atoms with Crippen LogP contribution in [0.15, 0.2) is 94.6 Å². The van der Waals surface area contributed by atoms with Gasteiger partial charge in [-0.05, 0) is 68.2 Å². The molecule has 0 aliphatic rings. The molecular formula is C24H18BrN3O2. The predicted octanol–water partition coefficient (Wildman–Crippen LogP) is 5.34. The topological polar surface area (TPSA) is 63.6 Å². The average Bonchev–Trinajstić information content (AvgIpc) is 2.79. The first-order chi connectivity index (χ1) is 14.7. The molecule has 0 unspecified atom stereocenters. The van der Waals surface area contributed by atoms with Crippen molar-refractivity contribution in [2.45, 2.75) is 6.61 Å². The van der Waals surface area contributed by atoms with E-state index in [9.17, 15) is 4.79 Å². The molecule has 0 radical (unpaired) electrons. The van der Waals surface area contributed by atoms with Crippen molar-refractivity contribution in [2.24, 2.45) is 5.10 Å². The van der Waals surface area contributed by atoms with Gasteiger partial charge in [-0.25, -0.2) is 5.43 Å². The van der Waals surface area contributed by atoms with Crippen LogP contribution in [-0.2, 0) is 6.61 Å². The van der Waals surface area contributed by atoms with Gasteiger partial charge in [-0.3, -0.25) is 9.78 Å². The number of hydrazone groups is 1. The Morgan fingerprint density at radius 2 is 1.87 bits per heavy atom. The highest BCUT2D eigenvalue weighted by Gasteiger charge is 2.06. The number of ether oxygens (including phenoxy) is 1. The second kappa shape index (κ2) is 9.33. The molecule has 0 atom stereocenters. The van der Waals surface area contributed by atoms with Crippen LogP contribution in [0.25, 0.3) is 10.8 Å². The van der Waals surface area contributed by atoms with E-state index in [1.807, 2.05) is 36.4 Å². The van der Waals surface area contributed by atoms with E-state index in [4.69, 9.17) is 4.74 Å². The van der Waals surface area contributed by atoms with Gasteiger partial charge in [0, 0.05) is 6.20 Å². The Labute approximate surface area is 182 Å². The molecule has 0 saturated heterocycles. The van der Waals surface area contributed by atoms with Crippen LogP contribution < -0.4 is 10.2 Å². The van der Waals surface area contributed by atoms with Crippen molar-refractivity contribution in [1.82, 2.24) is 10.4 Å². The first-order valence-corrected chi connectivity index (χ1v) is 10.1. The standard InChI is InChI=1S/C24H18BrN3O2/c25-21-14-17(15-27-28-24(29)22-10-3-4-13-26-22)11-12-23(21)30-16-19-8-5-7-18-6-1-2-9-20(18)19/h1-15H,16H2,(H,28,29)/b27-15-. The van der Waals surface area contributed by atoms with Crippen molar-refractivity contribution in [3.8, 4) is 5.75 Å². The van der Waals surface area contributed by atoms with E-state index in [1.165, 1.54) is 10.8 Å². The second-order valence-electron chi connectivity index (χ2n) is 6.53. The maximum absolute atomic E-state index is 12.0. The molecule has 30 heavy (non-hydrogen) atoms. The van der Waals surface area contributed by atoms with E-state index < -0.39 is 0 Å². The molecule has 5 nitrogen and oxygen atoms in total. The number of amides is 1. The molecule has 0 fully saturated rings. The number of aromatic nitrogens is 1. The summed E-state index contributed by atoms with van der Waals surface area (Å²) in [5.41, 5.74) is 4.73. The Hall–Kier alpha value is -3.51. The molecule has 0 aliphatic carbocycles. The van der Waals surface area contributed by atoms with Crippen molar-refractivity contribution >= 4 is 38.8 Å². The van der Waals surface area contributed by atoms with Gasteiger partial charge < -0.3 is 4.74 Å². The number of hydrogen-bond donors (Lipinski definition) is 1. The van der Waals surface area contributed by atoms with E-state index in [0.29, 0.717) is 12.3 Å². The zero-order valence-electron chi connectivity index (χ0n) is 16.0. The van der Waals surface area contributed by atoms with Gasteiger partial charge in [0.15, 0.2) is 0 Å². The van der Waals surface area contributed by atoms with E-state index in [0.717, 1.165) is 21.3 Å². The number of halogens is 1. The number of nitrogens with zero attached hydrogens (tertiary/aromatic N) is 2. The van der Waals surface area contributed by atoms with E-state index in [-0.39, 0.29) is 5.91 Å². The SMILES string of the molecule is O=C(N/N=C\c1ccc(OCc2cccc3ccccc23)c(Br)c1)c1ccccn1. The van der Waals surface area contributed by atoms with Crippen LogP contribution in [0.4, 0.5) is 0 Å². The average molecular weight is 460 g/mol. The molecule has 148 valence electrons. The van der Waals surface area contributed by atoms with Gasteiger partial charge >= 0.3 is 0 Å². The first kappa shape index (κ1) is 19.8. The number of carbonyl (C=O) groups is 1. The number of rotatable bonds is 6. The van der Waals surface area contributed by atoms with Gasteiger partial charge in [-0.2, -0.15) is 5.10 Å². The Kier molecular flexibility index (Phi) is 6.15. The minimum Gasteiger partial charge on any atom is -0.488 e. The van der Waals surface area contributed by atoms with Crippen LogP contribution in [0.3, 0.4) is 0 Å². The molecule has 1 amide bonds. The van der Waals surface area contributed by atoms with Gasteiger partial charge in [-0.1, -0.05) is 48.5 Å². The van der Waals surface area contributed by atoms with Crippen LogP contribution >= 0.6 is 15.9 Å². The van der Waals surface area contributed by atoms with Crippen molar-refractivity contribution in [3.63, 3.8) is 0 Å². The fourth-order valence-corrected chi connectivity index (χ4v) is 3.52. The smallest absolute Gasteiger partial charge is 0.289 e. The summed E-state index contributed by atoms with van der Waals surface area (Å²) in [5.74, 6) is 0.374. The lowest BCUT2D eigenvalue weighted by molar-refractivity contribution is 0.0950. The lowest BCUT2D eigenvalue weighted by Gasteiger charge is -2.11. The Bertz CT molecular complexity index is 1200. The van der Waals surface area contributed by atoms with E-state index >= 15 is 0 Å².